The standard InChI is InChI=1S/C36H37N3O7S/c1-22(40)20-26-21-47-33-28(37-31(41)27(23-14-8-5-9-15-23)38-35(44)46-36(2,3)4)32(42)39(33)29(26)34(43)45-30(24-16-10-6-11-17-24)25-18-12-7-13-19-25/h5-20,27-30,33H,21H2,1-4H3,(H,37,41)(H,38,44)/t27?,28-,29?,33+/m1/s1. The summed E-state index contributed by atoms with van der Waals surface area (Å²) in [6.45, 7) is 6.52. The van der Waals surface area contributed by atoms with E-state index in [1.807, 2.05) is 60.7 Å². The zero-order valence-electron chi connectivity index (χ0n) is 26.5. The molecule has 2 aliphatic rings. The smallest absolute Gasteiger partial charge is 0.408 e. The monoisotopic (exact) mass is 655 g/mol. The summed E-state index contributed by atoms with van der Waals surface area (Å²) in [7, 11) is 0. The van der Waals surface area contributed by atoms with Gasteiger partial charge in [0.1, 0.15) is 23.1 Å². The summed E-state index contributed by atoms with van der Waals surface area (Å²) in [5, 5.41) is 4.78. The van der Waals surface area contributed by atoms with E-state index in [0.717, 1.165) is 11.1 Å². The van der Waals surface area contributed by atoms with Crippen LogP contribution in [0.1, 0.15) is 56.5 Å². The summed E-state index contributed by atoms with van der Waals surface area (Å²) in [4.78, 5) is 67.6. The second-order valence-electron chi connectivity index (χ2n) is 12.3. The number of allylic oxidation sites excluding steroid dienone is 1. The molecule has 0 bridgehead atoms. The first kappa shape index (κ1) is 33.5. The molecule has 5 rings (SSSR count). The number of hydrogen-bond donors (Lipinski definition) is 2. The number of nitrogens with one attached hydrogen (secondary N) is 2. The first-order chi connectivity index (χ1) is 22.4. The summed E-state index contributed by atoms with van der Waals surface area (Å²) in [5.74, 6) is -1.81. The Labute approximate surface area is 277 Å². The van der Waals surface area contributed by atoms with Crippen molar-refractivity contribution in [2.24, 2.45) is 0 Å². The molecule has 2 heterocycles. The van der Waals surface area contributed by atoms with E-state index in [-0.39, 0.29) is 11.5 Å². The van der Waals surface area contributed by atoms with E-state index >= 15 is 0 Å². The van der Waals surface area contributed by atoms with E-state index in [9.17, 15) is 24.0 Å². The van der Waals surface area contributed by atoms with Gasteiger partial charge in [0, 0.05) is 5.75 Å². The maximum Gasteiger partial charge on any atom is 0.408 e. The predicted molar refractivity (Wildman–Crippen MR) is 177 cm³/mol. The van der Waals surface area contributed by atoms with Gasteiger partial charge in [0.05, 0.1) is 0 Å². The highest BCUT2D eigenvalue weighted by molar-refractivity contribution is 8.00. The number of ether oxygens (including phenoxy) is 2. The first-order valence-electron chi connectivity index (χ1n) is 15.2. The van der Waals surface area contributed by atoms with Crippen molar-refractivity contribution in [1.29, 1.82) is 0 Å². The third-order valence-corrected chi connectivity index (χ3v) is 8.88. The average Bonchev–Trinajstić information content (AvgIpc) is 3.04. The van der Waals surface area contributed by atoms with Crippen molar-refractivity contribution >= 4 is 41.4 Å². The van der Waals surface area contributed by atoms with Crippen LogP contribution in [0.3, 0.4) is 0 Å². The first-order valence-corrected chi connectivity index (χ1v) is 16.3. The van der Waals surface area contributed by atoms with Crippen molar-refractivity contribution in [3.05, 3.63) is 119 Å². The van der Waals surface area contributed by atoms with Crippen LogP contribution in [0.15, 0.2) is 103 Å². The highest BCUT2D eigenvalue weighted by Gasteiger charge is 2.57. The molecule has 2 fully saturated rings. The van der Waals surface area contributed by atoms with E-state index in [1.54, 1.807) is 51.1 Å². The molecule has 11 heteroatoms. The van der Waals surface area contributed by atoms with Crippen LogP contribution in [0.5, 0.6) is 0 Å². The third kappa shape index (κ3) is 7.91. The third-order valence-electron chi connectivity index (χ3n) is 7.53. The molecule has 244 valence electrons. The Morgan fingerprint density at radius 2 is 1.40 bits per heavy atom. The maximum atomic E-state index is 14.0. The molecule has 2 aliphatic heterocycles. The van der Waals surface area contributed by atoms with Crippen LogP contribution >= 0.6 is 11.8 Å². The van der Waals surface area contributed by atoms with Crippen molar-refractivity contribution in [2.45, 2.75) is 62.9 Å². The normalized spacial score (nSPS) is 20.4. The lowest BCUT2D eigenvalue weighted by atomic mass is 9.95. The molecule has 3 aromatic rings. The fraction of sp³-hybridized carbons (Fsp3) is 0.306. The minimum Gasteiger partial charge on any atom is -0.451 e. The summed E-state index contributed by atoms with van der Waals surface area (Å²) >= 11 is 1.33. The van der Waals surface area contributed by atoms with Crippen molar-refractivity contribution in [2.75, 3.05) is 5.75 Å². The average molecular weight is 656 g/mol. The number of ketones is 1. The molecular weight excluding hydrogens is 618 g/mol. The van der Waals surface area contributed by atoms with Gasteiger partial charge in [-0.15, -0.1) is 11.8 Å². The van der Waals surface area contributed by atoms with E-state index in [1.165, 1.54) is 29.7 Å². The lowest BCUT2D eigenvalue weighted by Gasteiger charge is -2.53. The highest BCUT2D eigenvalue weighted by atomic mass is 32.2. The molecule has 47 heavy (non-hydrogen) atoms. The van der Waals surface area contributed by atoms with Gasteiger partial charge in [0.15, 0.2) is 17.9 Å². The Morgan fingerprint density at radius 3 is 1.91 bits per heavy atom. The zero-order valence-corrected chi connectivity index (χ0v) is 27.4. The van der Waals surface area contributed by atoms with Gasteiger partial charge in [-0.2, -0.15) is 0 Å². The maximum absolute atomic E-state index is 14.0. The Morgan fingerprint density at radius 1 is 0.872 bits per heavy atom. The van der Waals surface area contributed by atoms with E-state index in [0.29, 0.717) is 11.1 Å². The van der Waals surface area contributed by atoms with Gasteiger partial charge in [0.25, 0.3) is 0 Å². The fourth-order valence-corrected chi connectivity index (χ4v) is 6.90. The molecule has 4 atom stereocenters. The number of nitrogens with zero attached hydrogens (tertiary/aromatic N) is 1. The molecule has 2 N–H and O–H groups in total. The molecule has 2 saturated heterocycles. The Bertz CT molecular complexity index is 1620. The largest absolute Gasteiger partial charge is 0.451 e. The molecule has 0 radical (unpaired) electrons. The lowest BCUT2D eigenvalue weighted by Crippen LogP contribution is -2.75. The van der Waals surface area contributed by atoms with Gasteiger partial charge in [-0.1, -0.05) is 91.0 Å². The van der Waals surface area contributed by atoms with Gasteiger partial charge in [0.2, 0.25) is 11.8 Å². The minimum atomic E-state index is -1.16. The fourth-order valence-electron chi connectivity index (χ4n) is 5.53. The number of rotatable bonds is 9. The highest BCUT2D eigenvalue weighted by Crippen LogP contribution is 2.42. The number of carbonyl (C=O) groups is 5. The summed E-state index contributed by atoms with van der Waals surface area (Å²) in [5.41, 5.74) is 1.64. The van der Waals surface area contributed by atoms with Crippen LogP contribution < -0.4 is 10.6 Å². The van der Waals surface area contributed by atoms with E-state index in [2.05, 4.69) is 10.6 Å². The molecule has 10 nitrogen and oxygen atoms in total. The van der Waals surface area contributed by atoms with Gasteiger partial charge in [-0.25, -0.2) is 9.59 Å². The summed E-state index contributed by atoms with van der Waals surface area (Å²) < 4.78 is 11.5. The SMILES string of the molecule is CC(=O)C=C1CS[C@H]2[C@H](NC(=O)C(NC(=O)OC(C)(C)C)c3ccccc3)C(=O)N2C1C(=O)OC(c1ccccc1)c1ccccc1. The number of esters is 1. The van der Waals surface area contributed by atoms with Crippen LogP contribution in [-0.4, -0.2) is 63.4 Å². The van der Waals surface area contributed by atoms with Crippen molar-refractivity contribution < 1.29 is 33.4 Å². The Balaban J connectivity index is 1.38. The van der Waals surface area contributed by atoms with Crippen molar-refractivity contribution in [3.63, 3.8) is 0 Å². The second kappa shape index (κ2) is 14.3. The van der Waals surface area contributed by atoms with Crippen LogP contribution in [0.4, 0.5) is 4.79 Å². The van der Waals surface area contributed by atoms with Crippen LogP contribution in [0, 0.1) is 0 Å². The van der Waals surface area contributed by atoms with Gasteiger partial charge >= 0.3 is 12.1 Å². The molecule has 2 unspecified atom stereocenters. The number of β-lactam (4-membered cyclic amide) rings is 1. The van der Waals surface area contributed by atoms with Crippen LogP contribution in [-0.2, 0) is 28.7 Å². The Kier molecular flexibility index (Phi) is 10.1. The molecule has 3 aromatic carbocycles. The number of hydrogen-bond acceptors (Lipinski definition) is 8. The van der Waals surface area contributed by atoms with Crippen molar-refractivity contribution in [3.8, 4) is 0 Å². The topological polar surface area (TPSA) is 131 Å². The van der Waals surface area contributed by atoms with Gasteiger partial charge < -0.3 is 25.0 Å². The summed E-state index contributed by atoms with van der Waals surface area (Å²) in [6, 6.07) is 23.9. The van der Waals surface area contributed by atoms with Gasteiger partial charge in [-0.3, -0.25) is 14.4 Å². The quantitative estimate of drug-likeness (QED) is 0.190. The summed E-state index contributed by atoms with van der Waals surface area (Å²) in [6.07, 6.45) is -0.179. The zero-order chi connectivity index (χ0) is 33.7. The molecular formula is C36H37N3O7S. The van der Waals surface area contributed by atoms with Crippen LogP contribution in [0.25, 0.3) is 0 Å². The number of alkyl carbamates (subject to hydrolysis) is 1. The predicted octanol–water partition coefficient (Wildman–Crippen LogP) is 4.87. The number of amides is 3. The molecule has 3 amide bonds. The minimum absolute atomic E-state index is 0.264. The molecule has 0 spiro atoms. The molecule has 0 aromatic heterocycles. The Hall–Kier alpha value is -4.90. The number of benzene rings is 3. The number of fused-ring (bicyclic) bond motifs is 1. The number of thioether (sulfide) groups is 1. The van der Waals surface area contributed by atoms with E-state index < -0.39 is 59.1 Å². The molecule has 0 aliphatic carbocycles. The van der Waals surface area contributed by atoms with Crippen molar-refractivity contribution in [1.82, 2.24) is 15.5 Å². The van der Waals surface area contributed by atoms with E-state index in [4.69, 9.17) is 9.47 Å². The number of carbonyl (C=O) groups excluding carboxylic acids is 5. The molecule has 0 saturated carbocycles. The van der Waals surface area contributed by atoms with Gasteiger partial charge in [-0.05, 0) is 56.0 Å². The second-order valence-corrected chi connectivity index (χ2v) is 13.4. The van der Waals surface area contributed by atoms with Crippen LogP contribution in [0.2, 0.25) is 0 Å². The lowest BCUT2D eigenvalue weighted by molar-refractivity contribution is -0.165.